The SMILES string of the molecule is Cc1cscc1CNS(=O)(=O)c1ccc(C#CCO)cc1. The van der Waals surface area contributed by atoms with Crippen molar-refractivity contribution in [1.29, 1.82) is 0 Å². The van der Waals surface area contributed by atoms with Gasteiger partial charge in [0.1, 0.15) is 6.61 Å². The Labute approximate surface area is 128 Å². The Hall–Kier alpha value is -1.65. The van der Waals surface area contributed by atoms with Gasteiger partial charge in [-0.1, -0.05) is 11.8 Å². The topological polar surface area (TPSA) is 66.4 Å². The summed E-state index contributed by atoms with van der Waals surface area (Å²) in [5.41, 5.74) is 2.73. The minimum absolute atomic E-state index is 0.199. The van der Waals surface area contributed by atoms with Crippen molar-refractivity contribution in [2.45, 2.75) is 18.4 Å². The third kappa shape index (κ3) is 4.16. The summed E-state index contributed by atoms with van der Waals surface area (Å²) in [6.07, 6.45) is 0. The molecule has 0 spiro atoms. The van der Waals surface area contributed by atoms with E-state index in [-0.39, 0.29) is 18.0 Å². The van der Waals surface area contributed by atoms with Gasteiger partial charge in [-0.15, -0.1) is 0 Å². The fourth-order valence-electron chi connectivity index (χ4n) is 1.68. The van der Waals surface area contributed by atoms with Crippen molar-refractivity contribution >= 4 is 21.4 Å². The van der Waals surface area contributed by atoms with Crippen molar-refractivity contribution in [3.63, 3.8) is 0 Å². The van der Waals surface area contributed by atoms with Gasteiger partial charge < -0.3 is 5.11 Å². The van der Waals surface area contributed by atoms with E-state index in [2.05, 4.69) is 16.6 Å². The molecule has 4 nitrogen and oxygen atoms in total. The number of benzene rings is 1. The number of aliphatic hydroxyl groups is 1. The maximum absolute atomic E-state index is 12.2. The summed E-state index contributed by atoms with van der Waals surface area (Å²) < 4.78 is 26.9. The number of nitrogens with one attached hydrogen (secondary N) is 1. The van der Waals surface area contributed by atoms with Crippen LogP contribution in [0.4, 0.5) is 0 Å². The Morgan fingerprint density at radius 3 is 2.52 bits per heavy atom. The van der Waals surface area contributed by atoms with Gasteiger partial charge in [-0.25, -0.2) is 13.1 Å². The van der Waals surface area contributed by atoms with E-state index < -0.39 is 10.0 Å². The van der Waals surface area contributed by atoms with Crippen molar-refractivity contribution in [2.75, 3.05) is 6.61 Å². The zero-order valence-electron chi connectivity index (χ0n) is 11.5. The quantitative estimate of drug-likeness (QED) is 0.845. The molecule has 0 fully saturated rings. The average molecular weight is 321 g/mol. The van der Waals surface area contributed by atoms with Gasteiger partial charge in [0, 0.05) is 12.1 Å². The van der Waals surface area contributed by atoms with Crippen LogP contribution in [0.15, 0.2) is 39.9 Å². The summed E-state index contributed by atoms with van der Waals surface area (Å²) in [5.74, 6) is 5.24. The van der Waals surface area contributed by atoms with Gasteiger partial charge in [-0.3, -0.25) is 0 Å². The van der Waals surface area contributed by atoms with Gasteiger partial charge >= 0.3 is 0 Å². The molecule has 1 heterocycles. The molecule has 0 aliphatic rings. The Kier molecular flexibility index (Phi) is 5.15. The van der Waals surface area contributed by atoms with E-state index in [0.717, 1.165) is 11.1 Å². The summed E-state index contributed by atoms with van der Waals surface area (Å²) in [5, 5.41) is 12.5. The molecule has 1 aromatic carbocycles. The van der Waals surface area contributed by atoms with Crippen LogP contribution in [-0.4, -0.2) is 20.1 Å². The van der Waals surface area contributed by atoms with Crippen molar-refractivity contribution in [3.8, 4) is 11.8 Å². The molecule has 1 aromatic heterocycles. The number of aliphatic hydroxyl groups excluding tert-OH is 1. The lowest BCUT2D eigenvalue weighted by Crippen LogP contribution is -2.23. The van der Waals surface area contributed by atoms with E-state index in [0.29, 0.717) is 5.56 Å². The lowest BCUT2D eigenvalue weighted by Gasteiger charge is -2.06. The first-order chi connectivity index (χ1) is 10.0. The standard InChI is InChI=1S/C15H15NO3S2/c1-12-10-20-11-14(12)9-16-21(18,19)15-6-4-13(5-7-15)3-2-8-17/h4-7,10-11,16-17H,8-9H2,1H3. The molecule has 0 saturated heterocycles. The van der Waals surface area contributed by atoms with Crippen LogP contribution >= 0.6 is 11.3 Å². The lowest BCUT2D eigenvalue weighted by atomic mass is 10.2. The maximum Gasteiger partial charge on any atom is 0.240 e. The predicted molar refractivity (Wildman–Crippen MR) is 83.5 cm³/mol. The highest BCUT2D eigenvalue weighted by Gasteiger charge is 2.14. The molecule has 0 radical (unpaired) electrons. The minimum atomic E-state index is -3.53. The zero-order valence-corrected chi connectivity index (χ0v) is 13.1. The van der Waals surface area contributed by atoms with Gasteiger partial charge in [0.25, 0.3) is 0 Å². The van der Waals surface area contributed by atoms with Gasteiger partial charge in [0.15, 0.2) is 0 Å². The van der Waals surface area contributed by atoms with E-state index in [1.165, 1.54) is 12.1 Å². The van der Waals surface area contributed by atoms with Crippen molar-refractivity contribution < 1.29 is 13.5 Å². The Bertz CT molecular complexity index is 765. The molecule has 0 bridgehead atoms. The van der Waals surface area contributed by atoms with Crippen molar-refractivity contribution in [3.05, 3.63) is 51.7 Å². The molecule has 2 aromatic rings. The number of hydrogen-bond acceptors (Lipinski definition) is 4. The third-order valence-corrected chi connectivity index (χ3v) is 5.22. The second kappa shape index (κ2) is 6.87. The summed E-state index contributed by atoms with van der Waals surface area (Å²) in [7, 11) is -3.53. The third-order valence-electron chi connectivity index (χ3n) is 2.89. The second-order valence-corrected chi connectivity index (χ2v) is 6.90. The van der Waals surface area contributed by atoms with Crippen LogP contribution in [-0.2, 0) is 16.6 Å². The Balaban J connectivity index is 2.10. The molecular formula is C15H15NO3S2. The smallest absolute Gasteiger partial charge is 0.240 e. The summed E-state index contributed by atoms with van der Waals surface area (Å²) in [6, 6.07) is 6.24. The molecule has 2 rings (SSSR count). The average Bonchev–Trinajstić information content (AvgIpc) is 2.89. The first kappa shape index (κ1) is 15.7. The molecule has 0 unspecified atom stereocenters. The number of aryl methyl sites for hydroxylation is 1. The molecule has 0 amide bonds. The van der Waals surface area contributed by atoms with E-state index >= 15 is 0 Å². The van der Waals surface area contributed by atoms with E-state index in [9.17, 15) is 8.42 Å². The van der Waals surface area contributed by atoms with E-state index in [1.54, 1.807) is 23.5 Å². The highest BCUT2D eigenvalue weighted by molar-refractivity contribution is 7.89. The van der Waals surface area contributed by atoms with Crippen LogP contribution in [0.3, 0.4) is 0 Å². The normalized spacial score (nSPS) is 11.0. The number of rotatable bonds is 4. The molecule has 110 valence electrons. The molecule has 21 heavy (non-hydrogen) atoms. The summed E-state index contributed by atoms with van der Waals surface area (Å²) in [4.78, 5) is 0.199. The fourth-order valence-corrected chi connectivity index (χ4v) is 3.55. The van der Waals surface area contributed by atoms with Crippen molar-refractivity contribution in [2.24, 2.45) is 0 Å². The number of thiophene rings is 1. The fraction of sp³-hybridized carbons (Fsp3) is 0.200. The van der Waals surface area contributed by atoms with Crippen LogP contribution < -0.4 is 4.72 Å². The van der Waals surface area contributed by atoms with Crippen LogP contribution in [0.25, 0.3) is 0 Å². The molecule has 0 aliphatic heterocycles. The maximum atomic E-state index is 12.2. The van der Waals surface area contributed by atoms with Crippen LogP contribution in [0.1, 0.15) is 16.7 Å². The minimum Gasteiger partial charge on any atom is -0.384 e. The van der Waals surface area contributed by atoms with Crippen LogP contribution in [0.2, 0.25) is 0 Å². The van der Waals surface area contributed by atoms with E-state index in [4.69, 9.17) is 5.11 Å². The number of sulfonamides is 1. The molecule has 6 heteroatoms. The largest absolute Gasteiger partial charge is 0.384 e. The van der Waals surface area contributed by atoms with Gasteiger partial charge in [0.05, 0.1) is 4.90 Å². The second-order valence-electron chi connectivity index (χ2n) is 4.39. The van der Waals surface area contributed by atoms with Crippen molar-refractivity contribution in [1.82, 2.24) is 4.72 Å². The first-order valence-corrected chi connectivity index (χ1v) is 8.66. The molecule has 0 saturated carbocycles. The lowest BCUT2D eigenvalue weighted by molar-refractivity contribution is 0.350. The van der Waals surface area contributed by atoms with Gasteiger partial charge in [0.2, 0.25) is 10.0 Å². The zero-order chi connectivity index (χ0) is 15.3. The van der Waals surface area contributed by atoms with Gasteiger partial charge in [-0.05, 0) is 53.1 Å². The molecule has 0 aliphatic carbocycles. The Morgan fingerprint density at radius 2 is 1.95 bits per heavy atom. The monoisotopic (exact) mass is 321 g/mol. The molecular weight excluding hydrogens is 306 g/mol. The highest BCUT2D eigenvalue weighted by atomic mass is 32.2. The number of hydrogen-bond donors (Lipinski definition) is 2. The highest BCUT2D eigenvalue weighted by Crippen LogP contribution is 2.15. The van der Waals surface area contributed by atoms with Crippen LogP contribution in [0.5, 0.6) is 0 Å². The van der Waals surface area contributed by atoms with Gasteiger partial charge in [-0.2, -0.15) is 11.3 Å². The first-order valence-electron chi connectivity index (χ1n) is 6.24. The Morgan fingerprint density at radius 1 is 1.24 bits per heavy atom. The van der Waals surface area contributed by atoms with Crippen LogP contribution in [0, 0.1) is 18.8 Å². The van der Waals surface area contributed by atoms with E-state index in [1.807, 2.05) is 17.7 Å². The predicted octanol–water partition coefficient (Wildman–Crippen LogP) is 1.88. The molecule has 2 N–H and O–H groups in total. The molecule has 0 atom stereocenters. The summed E-state index contributed by atoms with van der Waals surface area (Å²) in [6.45, 7) is 2.01. The summed E-state index contributed by atoms with van der Waals surface area (Å²) >= 11 is 1.55.